The molecule has 190 valence electrons. The van der Waals surface area contributed by atoms with Crippen molar-refractivity contribution in [3.05, 3.63) is 59.3 Å². The SMILES string of the molecule is COCCOCN(c1onc(C)c1C)S(=O)(=O)c1cc(OC)ccc1-c1ccc(CC(C)C)cc1. The first-order chi connectivity index (χ1) is 16.7. The lowest BCUT2D eigenvalue weighted by atomic mass is 9.99. The summed E-state index contributed by atoms with van der Waals surface area (Å²) >= 11 is 0. The fourth-order valence-corrected chi connectivity index (χ4v) is 5.22. The normalized spacial score (nSPS) is 11.7. The molecule has 9 heteroatoms. The number of aromatic nitrogens is 1. The first kappa shape index (κ1) is 26.7. The number of methoxy groups -OCH3 is 2. The molecular weight excluding hydrogens is 468 g/mol. The highest BCUT2D eigenvalue weighted by Gasteiger charge is 2.33. The Morgan fingerprint density at radius 1 is 1.03 bits per heavy atom. The molecule has 3 rings (SSSR count). The van der Waals surface area contributed by atoms with Gasteiger partial charge in [-0.15, -0.1) is 0 Å². The quantitative estimate of drug-likeness (QED) is 0.255. The number of rotatable bonds is 12. The Balaban J connectivity index is 2.10. The fraction of sp³-hybridized carbons (Fsp3) is 0.423. The minimum absolute atomic E-state index is 0.0808. The van der Waals surface area contributed by atoms with Crippen molar-refractivity contribution in [2.45, 2.75) is 39.0 Å². The first-order valence-electron chi connectivity index (χ1n) is 11.5. The summed E-state index contributed by atoms with van der Waals surface area (Å²) in [6.45, 7) is 8.14. The van der Waals surface area contributed by atoms with Crippen molar-refractivity contribution in [2.24, 2.45) is 5.92 Å². The molecule has 0 saturated carbocycles. The molecule has 0 fully saturated rings. The highest BCUT2D eigenvalue weighted by molar-refractivity contribution is 7.93. The van der Waals surface area contributed by atoms with Crippen molar-refractivity contribution in [1.82, 2.24) is 5.16 Å². The summed E-state index contributed by atoms with van der Waals surface area (Å²) in [7, 11) is -1.08. The number of sulfonamides is 1. The van der Waals surface area contributed by atoms with E-state index in [-0.39, 0.29) is 24.1 Å². The van der Waals surface area contributed by atoms with Gasteiger partial charge in [0.1, 0.15) is 12.5 Å². The zero-order valence-corrected chi connectivity index (χ0v) is 22.0. The molecule has 35 heavy (non-hydrogen) atoms. The molecule has 0 spiro atoms. The van der Waals surface area contributed by atoms with Crippen LogP contribution in [0.3, 0.4) is 0 Å². The van der Waals surface area contributed by atoms with E-state index >= 15 is 0 Å². The molecule has 0 aliphatic heterocycles. The second-order valence-corrected chi connectivity index (χ2v) is 10.6. The molecule has 3 aromatic rings. The maximum Gasteiger partial charge on any atom is 0.269 e. The average molecular weight is 503 g/mol. The third kappa shape index (κ3) is 6.22. The van der Waals surface area contributed by atoms with Gasteiger partial charge in [-0.1, -0.05) is 43.3 Å². The van der Waals surface area contributed by atoms with Gasteiger partial charge in [0, 0.05) is 24.3 Å². The second kappa shape index (κ2) is 11.7. The van der Waals surface area contributed by atoms with Crippen LogP contribution in [0, 0.1) is 19.8 Å². The van der Waals surface area contributed by atoms with Crippen LogP contribution in [0.25, 0.3) is 11.1 Å². The van der Waals surface area contributed by atoms with Crippen molar-refractivity contribution in [3.63, 3.8) is 0 Å². The summed E-state index contributed by atoms with van der Waals surface area (Å²) in [5.41, 5.74) is 3.75. The van der Waals surface area contributed by atoms with Crippen LogP contribution < -0.4 is 9.04 Å². The molecule has 0 N–H and O–H groups in total. The molecule has 0 radical (unpaired) electrons. The topological polar surface area (TPSA) is 91.1 Å². The van der Waals surface area contributed by atoms with Gasteiger partial charge in [0.25, 0.3) is 10.0 Å². The van der Waals surface area contributed by atoms with Gasteiger partial charge in [0.15, 0.2) is 0 Å². The van der Waals surface area contributed by atoms with E-state index in [1.54, 1.807) is 33.1 Å². The predicted octanol–water partition coefficient (Wildman–Crippen LogP) is 4.98. The van der Waals surface area contributed by atoms with Crippen molar-refractivity contribution in [1.29, 1.82) is 0 Å². The minimum atomic E-state index is -4.14. The van der Waals surface area contributed by atoms with Gasteiger partial charge < -0.3 is 18.7 Å². The number of aryl methyl sites for hydroxylation is 1. The second-order valence-electron chi connectivity index (χ2n) is 8.74. The van der Waals surface area contributed by atoms with Crippen molar-refractivity contribution in [3.8, 4) is 16.9 Å². The Morgan fingerprint density at radius 2 is 1.74 bits per heavy atom. The van der Waals surface area contributed by atoms with Crippen LogP contribution in [0.5, 0.6) is 5.75 Å². The molecule has 0 saturated heterocycles. The van der Waals surface area contributed by atoms with E-state index in [0.717, 1.165) is 16.3 Å². The Kier molecular flexibility index (Phi) is 8.93. The molecule has 0 amide bonds. The van der Waals surface area contributed by atoms with Gasteiger partial charge in [-0.2, -0.15) is 0 Å². The summed E-state index contributed by atoms with van der Waals surface area (Å²) < 4.78 is 50.7. The van der Waals surface area contributed by atoms with Crippen LogP contribution in [0.15, 0.2) is 51.9 Å². The maximum absolute atomic E-state index is 14.1. The van der Waals surface area contributed by atoms with Gasteiger partial charge in [-0.25, -0.2) is 12.7 Å². The number of anilines is 1. The van der Waals surface area contributed by atoms with Crippen molar-refractivity contribution >= 4 is 15.9 Å². The molecule has 8 nitrogen and oxygen atoms in total. The van der Waals surface area contributed by atoms with E-state index in [1.807, 2.05) is 24.3 Å². The zero-order chi connectivity index (χ0) is 25.6. The monoisotopic (exact) mass is 502 g/mol. The number of ether oxygens (including phenoxy) is 3. The van der Waals surface area contributed by atoms with E-state index in [2.05, 4.69) is 19.0 Å². The Bertz CT molecular complexity index is 1220. The van der Waals surface area contributed by atoms with Gasteiger partial charge in [0.2, 0.25) is 5.88 Å². The smallest absolute Gasteiger partial charge is 0.269 e. The van der Waals surface area contributed by atoms with E-state index < -0.39 is 10.0 Å². The lowest BCUT2D eigenvalue weighted by Crippen LogP contribution is -2.34. The summed E-state index contributed by atoms with van der Waals surface area (Å²) in [6, 6.07) is 13.0. The molecule has 0 aliphatic rings. The fourth-order valence-electron chi connectivity index (χ4n) is 3.65. The third-order valence-electron chi connectivity index (χ3n) is 5.67. The van der Waals surface area contributed by atoms with Gasteiger partial charge in [-0.05, 0) is 49.4 Å². The standard InChI is InChI=1S/C26H34N2O6S/c1-18(2)15-21-7-9-22(10-8-21)24-12-11-23(32-6)16-25(24)35(29,30)28(17-33-14-13-31-5)26-19(3)20(4)27-34-26/h7-12,16,18H,13-15,17H2,1-6H3. The Hall–Kier alpha value is -2.88. The van der Waals surface area contributed by atoms with Gasteiger partial charge in [-0.3, -0.25) is 0 Å². The van der Waals surface area contributed by atoms with Crippen LogP contribution >= 0.6 is 0 Å². The summed E-state index contributed by atoms with van der Waals surface area (Å²) in [5.74, 6) is 1.06. The van der Waals surface area contributed by atoms with Crippen LogP contribution in [0.4, 0.5) is 5.88 Å². The van der Waals surface area contributed by atoms with Crippen LogP contribution in [-0.2, 0) is 25.9 Å². The number of hydrogen-bond donors (Lipinski definition) is 0. The summed E-state index contributed by atoms with van der Waals surface area (Å²) in [4.78, 5) is 0.0808. The highest BCUT2D eigenvalue weighted by Crippen LogP contribution is 2.36. The van der Waals surface area contributed by atoms with E-state index in [1.165, 1.54) is 18.7 Å². The number of benzene rings is 2. The summed E-state index contributed by atoms with van der Waals surface area (Å²) in [6.07, 6.45) is 0.949. The van der Waals surface area contributed by atoms with Gasteiger partial charge in [0.05, 0.1) is 30.9 Å². The van der Waals surface area contributed by atoms with Crippen LogP contribution in [0.2, 0.25) is 0 Å². The average Bonchev–Trinajstić information content (AvgIpc) is 3.16. The Labute approximate surface area is 207 Å². The molecule has 2 aromatic carbocycles. The van der Waals surface area contributed by atoms with E-state index in [9.17, 15) is 8.42 Å². The first-order valence-corrected chi connectivity index (χ1v) is 12.9. The molecule has 0 unspecified atom stereocenters. The lowest BCUT2D eigenvalue weighted by molar-refractivity contribution is 0.0744. The zero-order valence-electron chi connectivity index (χ0n) is 21.2. The van der Waals surface area contributed by atoms with Gasteiger partial charge >= 0.3 is 0 Å². The van der Waals surface area contributed by atoms with Crippen molar-refractivity contribution in [2.75, 3.05) is 38.5 Å². The largest absolute Gasteiger partial charge is 0.497 e. The minimum Gasteiger partial charge on any atom is -0.497 e. The van der Waals surface area contributed by atoms with E-state index in [0.29, 0.717) is 35.1 Å². The maximum atomic E-state index is 14.1. The van der Waals surface area contributed by atoms with Crippen LogP contribution in [0.1, 0.15) is 30.7 Å². The van der Waals surface area contributed by atoms with Crippen LogP contribution in [-0.4, -0.2) is 47.7 Å². The summed E-state index contributed by atoms with van der Waals surface area (Å²) in [5, 5.41) is 3.95. The molecule has 0 atom stereocenters. The number of nitrogens with zero attached hydrogens (tertiary/aromatic N) is 2. The number of hydrogen-bond acceptors (Lipinski definition) is 7. The molecule has 0 bridgehead atoms. The molecule has 1 aromatic heterocycles. The highest BCUT2D eigenvalue weighted by atomic mass is 32.2. The Morgan fingerprint density at radius 3 is 2.31 bits per heavy atom. The molecule has 1 heterocycles. The lowest BCUT2D eigenvalue weighted by Gasteiger charge is -2.24. The van der Waals surface area contributed by atoms with Crippen molar-refractivity contribution < 1.29 is 27.2 Å². The molecular formula is C26H34N2O6S. The van der Waals surface area contributed by atoms with E-state index in [4.69, 9.17) is 18.7 Å². The molecule has 0 aliphatic carbocycles. The third-order valence-corrected chi connectivity index (χ3v) is 7.41. The predicted molar refractivity (Wildman–Crippen MR) is 135 cm³/mol.